The van der Waals surface area contributed by atoms with Gasteiger partial charge in [0.2, 0.25) is 0 Å². The summed E-state index contributed by atoms with van der Waals surface area (Å²) in [4.78, 5) is 38.3. The van der Waals surface area contributed by atoms with Crippen molar-refractivity contribution in [3.05, 3.63) is 50.6 Å². The van der Waals surface area contributed by atoms with Crippen molar-refractivity contribution in [3.8, 4) is 11.4 Å². The Bertz CT molecular complexity index is 1090. The van der Waals surface area contributed by atoms with E-state index in [1.165, 1.54) is 12.1 Å². The monoisotopic (exact) mass is 510 g/mol. The Labute approximate surface area is 192 Å². The summed E-state index contributed by atoms with van der Waals surface area (Å²) in [5.74, 6) is -1.70. The van der Waals surface area contributed by atoms with Gasteiger partial charge in [0.05, 0.1) is 6.07 Å². The van der Waals surface area contributed by atoms with Gasteiger partial charge in [0, 0.05) is 30.4 Å². The van der Waals surface area contributed by atoms with Crippen LogP contribution in [0.2, 0.25) is 0 Å². The van der Waals surface area contributed by atoms with Crippen molar-refractivity contribution in [2.75, 3.05) is 13.1 Å². The molecule has 2 aromatic rings. The van der Waals surface area contributed by atoms with Gasteiger partial charge in [-0.2, -0.15) is 9.78 Å². The fourth-order valence-corrected chi connectivity index (χ4v) is 3.52. The number of primary amides is 1. The molecule has 1 fully saturated rings. The molecule has 0 unspecified atom stereocenters. The molecule has 2 heterocycles. The van der Waals surface area contributed by atoms with Crippen LogP contribution in [0.3, 0.4) is 0 Å². The molecule has 32 heavy (non-hydrogen) atoms. The number of hydrogen-bond donors (Lipinski definition) is 1. The number of carbonyl (C=O) groups excluding carboxylic acids is 2. The summed E-state index contributed by atoms with van der Waals surface area (Å²) in [6.07, 6.45) is 0.145. The number of nitrogens with two attached hydrogens (primary N) is 1. The highest BCUT2D eigenvalue weighted by atomic mass is 79.9. The predicted molar refractivity (Wildman–Crippen MR) is 117 cm³/mol. The topological polar surface area (TPSA) is 117 Å². The van der Waals surface area contributed by atoms with Gasteiger partial charge in [-0.1, -0.05) is 15.9 Å². The van der Waals surface area contributed by atoms with Crippen LogP contribution in [0.5, 0.6) is 5.75 Å². The fourth-order valence-electron chi connectivity index (χ4n) is 3.19. The molecule has 3 rings (SSSR count). The Balaban J connectivity index is 1.78. The quantitative estimate of drug-likeness (QED) is 0.675. The lowest BCUT2D eigenvalue weighted by Crippen LogP contribution is -2.44. The second-order valence-corrected chi connectivity index (χ2v) is 9.27. The Morgan fingerprint density at radius 1 is 1.22 bits per heavy atom. The van der Waals surface area contributed by atoms with Crippen molar-refractivity contribution in [1.29, 1.82) is 0 Å². The van der Waals surface area contributed by atoms with E-state index in [-0.39, 0.29) is 23.2 Å². The molecule has 0 aliphatic carbocycles. The van der Waals surface area contributed by atoms with E-state index in [0.717, 1.165) is 10.7 Å². The zero-order valence-electron chi connectivity index (χ0n) is 17.9. The maximum Gasteiger partial charge on any atom is 0.410 e. The van der Waals surface area contributed by atoms with Crippen LogP contribution in [-0.2, 0) is 4.74 Å². The highest BCUT2D eigenvalue weighted by Gasteiger charge is 2.29. The van der Waals surface area contributed by atoms with E-state index in [0.29, 0.717) is 30.4 Å². The minimum Gasteiger partial charge on any atom is -0.488 e. The van der Waals surface area contributed by atoms with Gasteiger partial charge in [0.25, 0.3) is 11.5 Å². The molecular formula is C21H24BrFN4O5. The van der Waals surface area contributed by atoms with Gasteiger partial charge in [-0.25, -0.2) is 9.18 Å². The van der Waals surface area contributed by atoms with E-state index in [1.807, 2.05) is 0 Å². The van der Waals surface area contributed by atoms with Crippen LogP contribution >= 0.6 is 15.9 Å². The van der Waals surface area contributed by atoms with Crippen LogP contribution in [0.1, 0.15) is 44.1 Å². The Hall–Kier alpha value is -2.95. The third-order valence-corrected chi connectivity index (χ3v) is 5.15. The molecule has 1 aliphatic rings. The molecule has 0 atom stereocenters. The molecule has 1 aromatic heterocycles. The lowest BCUT2D eigenvalue weighted by atomic mass is 10.1. The molecule has 9 nitrogen and oxygen atoms in total. The van der Waals surface area contributed by atoms with Gasteiger partial charge < -0.3 is 20.1 Å². The van der Waals surface area contributed by atoms with Gasteiger partial charge in [0.15, 0.2) is 11.4 Å². The first-order chi connectivity index (χ1) is 14.9. The predicted octanol–water partition coefficient (Wildman–Crippen LogP) is 3.01. The highest BCUT2D eigenvalue weighted by molar-refractivity contribution is 9.10. The van der Waals surface area contributed by atoms with Crippen LogP contribution in [0.15, 0.2) is 33.5 Å². The first-order valence-corrected chi connectivity index (χ1v) is 10.8. The van der Waals surface area contributed by atoms with Crippen LogP contribution in [0.25, 0.3) is 5.69 Å². The van der Waals surface area contributed by atoms with Crippen LogP contribution in [0.4, 0.5) is 9.18 Å². The second-order valence-electron chi connectivity index (χ2n) is 8.35. The average molecular weight is 511 g/mol. The first kappa shape index (κ1) is 23.7. The summed E-state index contributed by atoms with van der Waals surface area (Å²) >= 11 is 3.14. The maximum atomic E-state index is 14.3. The number of aromatic nitrogens is 2. The maximum absolute atomic E-state index is 14.3. The largest absolute Gasteiger partial charge is 0.488 e. The molecular weight excluding hydrogens is 487 g/mol. The molecule has 172 valence electrons. The first-order valence-electron chi connectivity index (χ1n) is 9.99. The number of carbonyl (C=O) groups is 2. The van der Waals surface area contributed by atoms with Crippen LogP contribution in [0, 0.1) is 5.82 Å². The summed E-state index contributed by atoms with van der Waals surface area (Å²) < 4.78 is 26.8. The standard InChI is InChI=1S/C21H24BrFN4O5/c1-21(2,3)32-20(30)26-8-6-13(7-9-26)31-16-11-17(28)27(25-18(16)19(24)29)15-5-4-12(22)10-14(15)23/h4-5,10-11,13H,6-9H2,1-3H3,(H2,24,29). The lowest BCUT2D eigenvalue weighted by molar-refractivity contribution is 0.0125. The van der Waals surface area contributed by atoms with E-state index in [2.05, 4.69) is 21.0 Å². The zero-order valence-corrected chi connectivity index (χ0v) is 19.5. The van der Waals surface area contributed by atoms with Gasteiger partial charge in [0.1, 0.15) is 23.2 Å². The Morgan fingerprint density at radius 3 is 2.44 bits per heavy atom. The fraction of sp³-hybridized carbons (Fsp3) is 0.429. The van der Waals surface area contributed by atoms with Gasteiger partial charge in [-0.05, 0) is 39.0 Å². The van der Waals surface area contributed by atoms with Gasteiger partial charge in [-0.15, -0.1) is 0 Å². The SMILES string of the molecule is CC(C)(C)OC(=O)N1CCC(Oc2cc(=O)n(-c3ccc(Br)cc3F)nc2C(N)=O)CC1. The Kier molecular flexibility index (Phi) is 6.87. The highest BCUT2D eigenvalue weighted by Crippen LogP contribution is 2.23. The molecule has 2 N–H and O–H groups in total. The van der Waals surface area contributed by atoms with Crippen molar-refractivity contribution in [2.24, 2.45) is 5.73 Å². The van der Waals surface area contributed by atoms with Crippen molar-refractivity contribution in [2.45, 2.75) is 45.3 Å². The molecule has 0 radical (unpaired) electrons. The summed E-state index contributed by atoms with van der Waals surface area (Å²) in [7, 11) is 0. The third kappa shape index (κ3) is 5.64. The zero-order chi connectivity index (χ0) is 23.6. The van der Waals surface area contributed by atoms with Crippen LogP contribution in [-0.4, -0.2) is 51.5 Å². The van der Waals surface area contributed by atoms with Crippen molar-refractivity contribution in [3.63, 3.8) is 0 Å². The van der Waals surface area contributed by atoms with E-state index in [1.54, 1.807) is 31.7 Å². The number of amides is 2. The third-order valence-electron chi connectivity index (χ3n) is 4.66. The minimum absolute atomic E-state index is 0.0769. The summed E-state index contributed by atoms with van der Waals surface area (Å²) in [6.45, 7) is 6.16. The number of piperidine rings is 1. The molecule has 0 spiro atoms. The van der Waals surface area contributed by atoms with Crippen molar-refractivity contribution >= 4 is 27.9 Å². The van der Waals surface area contributed by atoms with E-state index in [9.17, 15) is 18.8 Å². The van der Waals surface area contributed by atoms with E-state index < -0.39 is 29.0 Å². The number of halogens is 2. The smallest absolute Gasteiger partial charge is 0.410 e. The summed E-state index contributed by atoms with van der Waals surface area (Å²) in [5.41, 5.74) is 3.74. The van der Waals surface area contributed by atoms with Crippen molar-refractivity contribution in [1.82, 2.24) is 14.7 Å². The number of hydrogen-bond acceptors (Lipinski definition) is 6. The van der Waals surface area contributed by atoms with E-state index >= 15 is 0 Å². The Morgan fingerprint density at radius 2 is 1.88 bits per heavy atom. The molecule has 11 heteroatoms. The number of ether oxygens (including phenoxy) is 2. The molecule has 2 amide bonds. The normalized spacial score (nSPS) is 14.8. The molecule has 0 saturated carbocycles. The van der Waals surface area contributed by atoms with Gasteiger partial charge in [-0.3, -0.25) is 9.59 Å². The van der Waals surface area contributed by atoms with Gasteiger partial charge >= 0.3 is 6.09 Å². The number of benzene rings is 1. The molecule has 1 aliphatic heterocycles. The minimum atomic E-state index is -0.919. The van der Waals surface area contributed by atoms with Crippen LogP contribution < -0.4 is 16.0 Å². The molecule has 0 bridgehead atoms. The summed E-state index contributed by atoms with van der Waals surface area (Å²) in [5, 5.41) is 3.95. The second kappa shape index (κ2) is 9.27. The average Bonchev–Trinajstić information content (AvgIpc) is 2.68. The molecule has 1 saturated heterocycles. The number of nitrogens with zero attached hydrogens (tertiary/aromatic N) is 3. The summed E-state index contributed by atoms with van der Waals surface area (Å²) in [6, 6.07) is 5.13. The van der Waals surface area contributed by atoms with Crippen molar-refractivity contribution < 1.29 is 23.5 Å². The number of rotatable bonds is 4. The lowest BCUT2D eigenvalue weighted by Gasteiger charge is -2.33. The van der Waals surface area contributed by atoms with E-state index in [4.69, 9.17) is 15.2 Å². The molecule has 1 aromatic carbocycles. The number of likely N-dealkylation sites (tertiary alicyclic amines) is 1.